The Labute approximate surface area is 166 Å². The summed E-state index contributed by atoms with van der Waals surface area (Å²) in [5, 5.41) is 5.82. The molecule has 0 radical (unpaired) electrons. The number of hydrogen-bond acceptors (Lipinski definition) is 4. The van der Waals surface area contributed by atoms with E-state index in [9.17, 15) is 9.59 Å². The Balaban J connectivity index is 1.74. The van der Waals surface area contributed by atoms with E-state index in [1.54, 1.807) is 19.2 Å². The monoisotopic (exact) mass is 383 g/mol. The van der Waals surface area contributed by atoms with Crippen molar-refractivity contribution < 1.29 is 14.3 Å². The highest BCUT2D eigenvalue weighted by atomic mass is 16.5. The van der Waals surface area contributed by atoms with Crippen LogP contribution >= 0.6 is 0 Å². The van der Waals surface area contributed by atoms with Crippen LogP contribution in [0.4, 0.5) is 0 Å². The maximum absolute atomic E-state index is 12.2. The molecule has 2 N–H and O–H groups in total. The van der Waals surface area contributed by atoms with Crippen LogP contribution in [0, 0.1) is 0 Å². The number of likely N-dealkylation sites (N-methyl/N-ethyl adjacent to an activating group) is 1. The second-order valence-electron chi connectivity index (χ2n) is 6.79. The van der Waals surface area contributed by atoms with Gasteiger partial charge in [-0.2, -0.15) is 0 Å². The zero-order valence-corrected chi connectivity index (χ0v) is 16.8. The molecule has 0 fully saturated rings. The summed E-state index contributed by atoms with van der Waals surface area (Å²) in [6.45, 7) is 0.976. The number of carbonyl (C=O) groups is 2. The van der Waals surface area contributed by atoms with E-state index in [0.717, 1.165) is 11.3 Å². The van der Waals surface area contributed by atoms with Crippen molar-refractivity contribution in [3.63, 3.8) is 0 Å². The lowest BCUT2D eigenvalue weighted by molar-refractivity contribution is -0.121. The van der Waals surface area contributed by atoms with Gasteiger partial charge >= 0.3 is 0 Å². The van der Waals surface area contributed by atoms with Gasteiger partial charge in [-0.25, -0.2) is 0 Å². The summed E-state index contributed by atoms with van der Waals surface area (Å²) in [4.78, 5) is 26.2. The number of nitrogens with one attached hydrogen (secondary N) is 2. The number of hydrogen-bond donors (Lipinski definition) is 2. The zero-order valence-electron chi connectivity index (χ0n) is 16.8. The molecule has 2 rings (SSSR count). The average molecular weight is 383 g/mol. The molecule has 0 saturated carbocycles. The van der Waals surface area contributed by atoms with Crippen LogP contribution in [0.25, 0.3) is 0 Å². The number of nitrogens with zero attached hydrogens (tertiary/aromatic N) is 1. The van der Waals surface area contributed by atoms with Crippen molar-refractivity contribution in [3.8, 4) is 5.75 Å². The lowest BCUT2D eigenvalue weighted by atomic mass is 10.1. The molecule has 2 aromatic carbocycles. The van der Waals surface area contributed by atoms with Gasteiger partial charge in [0.1, 0.15) is 5.75 Å². The molecule has 150 valence electrons. The molecule has 0 aliphatic rings. The Kier molecular flexibility index (Phi) is 8.49. The average Bonchev–Trinajstić information content (AvgIpc) is 2.71. The van der Waals surface area contributed by atoms with Crippen LogP contribution in [-0.2, 0) is 4.79 Å². The fraction of sp³-hybridized carbons (Fsp3) is 0.364. The van der Waals surface area contributed by atoms with Gasteiger partial charge < -0.3 is 20.3 Å². The van der Waals surface area contributed by atoms with Crippen molar-refractivity contribution in [1.29, 1.82) is 0 Å². The Hall–Kier alpha value is -2.86. The molecule has 1 unspecified atom stereocenters. The highest BCUT2D eigenvalue weighted by Gasteiger charge is 2.16. The predicted molar refractivity (Wildman–Crippen MR) is 110 cm³/mol. The maximum atomic E-state index is 12.2. The van der Waals surface area contributed by atoms with Gasteiger partial charge in [-0.1, -0.05) is 30.3 Å². The zero-order chi connectivity index (χ0) is 20.4. The Morgan fingerprint density at radius 1 is 1.04 bits per heavy atom. The summed E-state index contributed by atoms with van der Waals surface area (Å²) in [5.41, 5.74) is 1.71. The molecule has 0 aliphatic heterocycles. The number of ether oxygens (including phenoxy) is 1. The maximum Gasteiger partial charge on any atom is 0.251 e. The van der Waals surface area contributed by atoms with E-state index in [1.807, 2.05) is 56.6 Å². The fourth-order valence-electron chi connectivity index (χ4n) is 2.89. The van der Waals surface area contributed by atoms with Gasteiger partial charge in [0.25, 0.3) is 5.91 Å². The summed E-state index contributed by atoms with van der Waals surface area (Å²) in [7, 11) is 5.60. The Morgan fingerprint density at radius 3 is 2.46 bits per heavy atom. The number of methoxy groups -OCH3 is 1. The minimum Gasteiger partial charge on any atom is -0.497 e. The third-order valence-corrected chi connectivity index (χ3v) is 4.50. The number of carbonyl (C=O) groups excluding carboxylic acids is 2. The van der Waals surface area contributed by atoms with Gasteiger partial charge in [0.2, 0.25) is 5.91 Å². The Morgan fingerprint density at radius 2 is 1.79 bits per heavy atom. The van der Waals surface area contributed by atoms with E-state index in [-0.39, 0.29) is 17.9 Å². The largest absolute Gasteiger partial charge is 0.497 e. The van der Waals surface area contributed by atoms with Gasteiger partial charge in [-0.05, 0) is 50.3 Å². The van der Waals surface area contributed by atoms with Crippen LogP contribution in [0.15, 0.2) is 54.6 Å². The minimum absolute atomic E-state index is 0.0243. The van der Waals surface area contributed by atoms with Crippen LogP contribution in [0.1, 0.15) is 34.8 Å². The van der Waals surface area contributed by atoms with E-state index in [2.05, 4.69) is 15.5 Å². The van der Waals surface area contributed by atoms with E-state index in [1.165, 1.54) is 0 Å². The van der Waals surface area contributed by atoms with Gasteiger partial charge in [-0.3, -0.25) is 9.59 Å². The minimum atomic E-state index is -0.119. The third kappa shape index (κ3) is 6.70. The van der Waals surface area contributed by atoms with Crippen molar-refractivity contribution in [2.45, 2.75) is 18.9 Å². The first kappa shape index (κ1) is 21.4. The standard InChI is InChI=1S/C22H29N3O3/c1-25(2)20(18-11-7-12-19(15-18)28-3)16-24-21(26)13-8-14-23-22(27)17-9-5-4-6-10-17/h4-7,9-12,15,20H,8,13-14,16H2,1-3H3,(H,23,27)(H,24,26). The second kappa shape index (κ2) is 11.1. The molecule has 6 nitrogen and oxygen atoms in total. The normalized spacial score (nSPS) is 11.7. The van der Waals surface area contributed by atoms with Crippen molar-refractivity contribution in [2.24, 2.45) is 0 Å². The molecule has 0 bridgehead atoms. The second-order valence-corrected chi connectivity index (χ2v) is 6.79. The molecule has 0 saturated heterocycles. The molecule has 28 heavy (non-hydrogen) atoms. The van der Waals surface area contributed by atoms with Crippen molar-refractivity contribution in [3.05, 3.63) is 65.7 Å². The Bertz CT molecular complexity index is 763. The lowest BCUT2D eigenvalue weighted by Crippen LogP contribution is -2.35. The fourth-order valence-corrected chi connectivity index (χ4v) is 2.89. The van der Waals surface area contributed by atoms with E-state index < -0.39 is 0 Å². The van der Waals surface area contributed by atoms with Gasteiger partial charge in [0, 0.05) is 25.1 Å². The number of amides is 2. The quantitative estimate of drug-likeness (QED) is 0.619. The van der Waals surface area contributed by atoms with Gasteiger partial charge in [-0.15, -0.1) is 0 Å². The van der Waals surface area contributed by atoms with Crippen molar-refractivity contribution >= 4 is 11.8 Å². The van der Waals surface area contributed by atoms with Crippen LogP contribution in [0.5, 0.6) is 5.75 Å². The smallest absolute Gasteiger partial charge is 0.251 e. The van der Waals surface area contributed by atoms with Crippen LogP contribution in [0.2, 0.25) is 0 Å². The molecular formula is C22H29N3O3. The van der Waals surface area contributed by atoms with Crippen LogP contribution in [-0.4, -0.2) is 51.0 Å². The molecule has 1 atom stereocenters. The molecule has 0 aliphatic carbocycles. The highest BCUT2D eigenvalue weighted by Crippen LogP contribution is 2.22. The summed E-state index contributed by atoms with van der Waals surface area (Å²) in [6.07, 6.45) is 0.962. The SMILES string of the molecule is COc1cccc(C(CNC(=O)CCCNC(=O)c2ccccc2)N(C)C)c1. The van der Waals surface area contributed by atoms with Crippen molar-refractivity contribution in [2.75, 3.05) is 34.3 Å². The third-order valence-electron chi connectivity index (χ3n) is 4.50. The lowest BCUT2D eigenvalue weighted by Gasteiger charge is -2.25. The molecule has 6 heteroatoms. The topological polar surface area (TPSA) is 70.7 Å². The van der Waals surface area contributed by atoms with Crippen molar-refractivity contribution in [1.82, 2.24) is 15.5 Å². The van der Waals surface area contributed by atoms with Crippen LogP contribution in [0.3, 0.4) is 0 Å². The van der Waals surface area contributed by atoms with E-state index in [0.29, 0.717) is 31.5 Å². The first-order valence-electron chi connectivity index (χ1n) is 9.41. The summed E-state index contributed by atoms with van der Waals surface area (Å²) in [6, 6.07) is 17.0. The summed E-state index contributed by atoms with van der Waals surface area (Å²) < 4.78 is 5.29. The number of rotatable bonds is 10. The van der Waals surface area contributed by atoms with Gasteiger partial charge in [0.15, 0.2) is 0 Å². The predicted octanol–water partition coefficient (Wildman–Crippen LogP) is 2.62. The van der Waals surface area contributed by atoms with Crippen LogP contribution < -0.4 is 15.4 Å². The molecule has 0 aromatic heterocycles. The molecular weight excluding hydrogens is 354 g/mol. The molecule has 0 spiro atoms. The number of benzene rings is 2. The first-order chi connectivity index (χ1) is 13.5. The van der Waals surface area contributed by atoms with E-state index >= 15 is 0 Å². The first-order valence-corrected chi connectivity index (χ1v) is 9.41. The van der Waals surface area contributed by atoms with Gasteiger partial charge in [0.05, 0.1) is 13.2 Å². The summed E-state index contributed by atoms with van der Waals surface area (Å²) >= 11 is 0. The molecule has 0 heterocycles. The highest BCUT2D eigenvalue weighted by molar-refractivity contribution is 5.94. The van der Waals surface area contributed by atoms with E-state index in [4.69, 9.17) is 4.74 Å². The summed E-state index contributed by atoms with van der Waals surface area (Å²) in [5.74, 6) is 0.653. The molecule has 2 amide bonds. The molecule has 2 aromatic rings.